The van der Waals surface area contributed by atoms with Crippen molar-refractivity contribution in [3.63, 3.8) is 0 Å². The molecule has 2 aliphatic rings. The van der Waals surface area contributed by atoms with Crippen LogP contribution in [0.25, 0.3) is 0 Å². The Morgan fingerprint density at radius 1 is 1.22 bits per heavy atom. The zero-order valence-electron chi connectivity index (χ0n) is 16.6. The predicted octanol–water partition coefficient (Wildman–Crippen LogP) is 0.234. The first kappa shape index (κ1) is 19.5. The molecule has 1 atom stereocenters. The van der Waals surface area contributed by atoms with Gasteiger partial charge in [-0.25, -0.2) is 9.97 Å². The molecule has 0 bridgehead atoms. The minimum absolute atomic E-state index is 0.113. The van der Waals surface area contributed by atoms with Crippen LogP contribution in [0.1, 0.15) is 18.5 Å². The van der Waals surface area contributed by atoms with Crippen molar-refractivity contribution in [3.05, 3.63) is 18.1 Å². The van der Waals surface area contributed by atoms with E-state index in [0.29, 0.717) is 26.1 Å². The van der Waals surface area contributed by atoms with Gasteiger partial charge in [0.15, 0.2) is 0 Å². The van der Waals surface area contributed by atoms with Crippen LogP contribution in [0.2, 0.25) is 0 Å². The Labute approximate surface area is 161 Å². The van der Waals surface area contributed by atoms with Gasteiger partial charge in [-0.1, -0.05) is 0 Å². The molecule has 0 N–H and O–H groups in total. The molecule has 1 unspecified atom stereocenters. The largest absolute Gasteiger partial charge is 0.353 e. The number of likely N-dealkylation sites (tertiary alicyclic amines) is 1. The van der Waals surface area contributed by atoms with Crippen molar-refractivity contribution >= 4 is 17.6 Å². The van der Waals surface area contributed by atoms with E-state index in [-0.39, 0.29) is 17.7 Å². The van der Waals surface area contributed by atoms with Gasteiger partial charge in [0.1, 0.15) is 12.1 Å². The lowest BCUT2D eigenvalue weighted by molar-refractivity contribution is -0.136. The first-order chi connectivity index (χ1) is 12.9. The molecule has 1 aromatic rings. The van der Waals surface area contributed by atoms with Crippen LogP contribution in [0.15, 0.2) is 12.4 Å². The second-order valence-electron chi connectivity index (χ2n) is 7.73. The van der Waals surface area contributed by atoms with Gasteiger partial charge < -0.3 is 19.6 Å². The molecular weight excluding hydrogens is 344 g/mol. The highest BCUT2D eigenvalue weighted by atomic mass is 16.2. The van der Waals surface area contributed by atoms with Crippen molar-refractivity contribution in [2.45, 2.75) is 19.8 Å². The number of rotatable bonds is 6. The van der Waals surface area contributed by atoms with Gasteiger partial charge in [0.2, 0.25) is 11.8 Å². The topological polar surface area (TPSA) is 72.9 Å². The van der Waals surface area contributed by atoms with E-state index in [1.54, 1.807) is 6.33 Å². The Balaban J connectivity index is 1.48. The lowest BCUT2D eigenvalue weighted by atomic mass is 10.1. The molecule has 3 heterocycles. The summed E-state index contributed by atoms with van der Waals surface area (Å²) in [5, 5.41) is 0. The van der Waals surface area contributed by atoms with Gasteiger partial charge in [-0.05, 0) is 34.0 Å². The number of aryl methyl sites for hydroxylation is 1. The third-order valence-electron chi connectivity index (χ3n) is 5.30. The number of piperazine rings is 1. The van der Waals surface area contributed by atoms with Gasteiger partial charge in [0.25, 0.3) is 0 Å². The predicted molar refractivity (Wildman–Crippen MR) is 103 cm³/mol. The van der Waals surface area contributed by atoms with Crippen LogP contribution in [-0.4, -0.2) is 96.4 Å². The van der Waals surface area contributed by atoms with Gasteiger partial charge >= 0.3 is 0 Å². The lowest BCUT2D eigenvalue weighted by Crippen LogP contribution is -2.51. The molecule has 148 valence electrons. The summed E-state index contributed by atoms with van der Waals surface area (Å²) < 4.78 is 0. The van der Waals surface area contributed by atoms with Crippen molar-refractivity contribution in [1.29, 1.82) is 0 Å². The minimum Gasteiger partial charge on any atom is -0.353 e. The minimum atomic E-state index is -0.190. The summed E-state index contributed by atoms with van der Waals surface area (Å²) in [4.78, 5) is 41.6. The number of amides is 2. The number of carbonyl (C=O) groups is 2. The van der Waals surface area contributed by atoms with E-state index in [0.717, 1.165) is 44.1 Å². The zero-order chi connectivity index (χ0) is 19.4. The van der Waals surface area contributed by atoms with E-state index in [2.05, 4.69) is 19.8 Å². The molecule has 1 aromatic heterocycles. The van der Waals surface area contributed by atoms with Crippen molar-refractivity contribution in [1.82, 2.24) is 24.7 Å². The Kier molecular flexibility index (Phi) is 6.26. The second-order valence-corrected chi connectivity index (χ2v) is 7.73. The fraction of sp³-hybridized carbons (Fsp3) is 0.684. The van der Waals surface area contributed by atoms with Crippen molar-refractivity contribution in [2.24, 2.45) is 5.92 Å². The van der Waals surface area contributed by atoms with E-state index < -0.39 is 0 Å². The van der Waals surface area contributed by atoms with Crippen molar-refractivity contribution in [2.75, 3.05) is 64.8 Å². The van der Waals surface area contributed by atoms with Gasteiger partial charge in [-0.3, -0.25) is 9.59 Å². The summed E-state index contributed by atoms with van der Waals surface area (Å²) in [6.45, 7) is 7.07. The van der Waals surface area contributed by atoms with Gasteiger partial charge in [-0.2, -0.15) is 0 Å². The highest BCUT2D eigenvalue weighted by Crippen LogP contribution is 2.22. The van der Waals surface area contributed by atoms with Crippen LogP contribution in [0.4, 0.5) is 5.82 Å². The third-order valence-corrected chi connectivity index (χ3v) is 5.30. The maximum atomic E-state index is 12.9. The van der Waals surface area contributed by atoms with Gasteiger partial charge in [-0.15, -0.1) is 0 Å². The van der Waals surface area contributed by atoms with Crippen LogP contribution in [0.3, 0.4) is 0 Å². The zero-order valence-corrected chi connectivity index (χ0v) is 16.6. The molecule has 0 saturated carbocycles. The molecule has 8 heteroatoms. The van der Waals surface area contributed by atoms with Crippen LogP contribution in [0, 0.1) is 12.8 Å². The van der Waals surface area contributed by atoms with E-state index in [1.807, 2.05) is 36.9 Å². The maximum Gasteiger partial charge on any atom is 0.228 e. The highest BCUT2D eigenvalue weighted by molar-refractivity contribution is 5.89. The maximum absolute atomic E-state index is 12.9. The Hall–Kier alpha value is -2.22. The summed E-state index contributed by atoms with van der Waals surface area (Å²) in [5.41, 5.74) is 0.942. The molecule has 0 radical (unpaired) electrons. The Bertz CT molecular complexity index is 672. The second kappa shape index (κ2) is 8.65. The normalized spacial score (nSPS) is 20.7. The van der Waals surface area contributed by atoms with E-state index in [4.69, 9.17) is 0 Å². The molecule has 0 spiro atoms. The van der Waals surface area contributed by atoms with Gasteiger partial charge in [0, 0.05) is 57.4 Å². The summed E-state index contributed by atoms with van der Waals surface area (Å²) in [6.07, 6.45) is 2.88. The average molecular weight is 374 g/mol. The first-order valence-corrected chi connectivity index (χ1v) is 9.69. The molecule has 8 nitrogen and oxygen atoms in total. The van der Waals surface area contributed by atoms with E-state index >= 15 is 0 Å². The molecule has 27 heavy (non-hydrogen) atoms. The van der Waals surface area contributed by atoms with Crippen LogP contribution in [0.5, 0.6) is 0 Å². The number of carbonyl (C=O) groups excluding carboxylic acids is 2. The van der Waals surface area contributed by atoms with E-state index in [9.17, 15) is 9.59 Å². The van der Waals surface area contributed by atoms with Gasteiger partial charge in [0.05, 0.1) is 5.92 Å². The molecule has 2 amide bonds. The summed E-state index contributed by atoms with van der Waals surface area (Å²) in [7, 11) is 4.06. The quantitative estimate of drug-likeness (QED) is 0.710. The smallest absolute Gasteiger partial charge is 0.228 e. The highest BCUT2D eigenvalue weighted by Gasteiger charge is 2.37. The molecule has 2 saturated heterocycles. The number of aromatic nitrogens is 2. The monoisotopic (exact) mass is 374 g/mol. The summed E-state index contributed by atoms with van der Waals surface area (Å²) in [6, 6.07) is 1.97. The first-order valence-electron chi connectivity index (χ1n) is 9.69. The summed E-state index contributed by atoms with van der Waals surface area (Å²) >= 11 is 0. The number of hydrogen-bond acceptors (Lipinski definition) is 6. The number of nitrogens with zero attached hydrogens (tertiary/aromatic N) is 6. The molecule has 2 fully saturated rings. The number of anilines is 1. The molecule has 3 rings (SSSR count). The van der Waals surface area contributed by atoms with Crippen LogP contribution < -0.4 is 4.90 Å². The lowest BCUT2D eigenvalue weighted by Gasteiger charge is -2.36. The van der Waals surface area contributed by atoms with Crippen molar-refractivity contribution < 1.29 is 9.59 Å². The van der Waals surface area contributed by atoms with Crippen molar-refractivity contribution in [3.8, 4) is 0 Å². The van der Waals surface area contributed by atoms with Crippen LogP contribution >= 0.6 is 0 Å². The Morgan fingerprint density at radius 2 is 1.96 bits per heavy atom. The number of hydrogen-bond donors (Lipinski definition) is 0. The SMILES string of the molecule is Cc1cc(N2CCN(C(=O)C3CC(=O)N(CCCN(C)C)C3)CC2)ncn1. The van der Waals surface area contributed by atoms with E-state index in [1.165, 1.54) is 0 Å². The molecular formula is C19H30N6O2. The van der Waals surface area contributed by atoms with Crippen LogP contribution in [-0.2, 0) is 9.59 Å². The molecule has 0 aromatic carbocycles. The standard InChI is InChI=1S/C19H30N6O2/c1-15-11-17(21-14-20-15)23-7-9-24(10-8-23)19(27)16-12-18(26)25(13-16)6-4-5-22(2)3/h11,14,16H,4-10,12-13H2,1-3H3. The third kappa shape index (κ3) is 4.94. The molecule has 0 aliphatic carbocycles. The molecule has 2 aliphatic heterocycles. The summed E-state index contributed by atoms with van der Waals surface area (Å²) in [5.74, 6) is 0.960. The Morgan fingerprint density at radius 3 is 2.63 bits per heavy atom. The fourth-order valence-electron chi connectivity index (χ4n) is 3.76. The fourth-order valence-corrected chi connectivity index (χ4v) is 3.76. The average Bonchev–Trinajstić information content (AvgIpc) is 3.02.